The van der Waals surface area contributed by atoms with Crippen LogP contribution in [0.25, 0.3) is 11.0 Å². The van der Waals surface area contributed by atoms with Crippen molar-refractivity contribution in [1.82, 2.24) is 0 Å². The summed E-state index contributed by atoms with van der Waals surface area (Å²) >= 11 is 0. The molecule has 0 saturated heterocycles. The zero-order valence-corrected chi connectivity index (χ0v) is 22.8. The minimum absolute atomic E-state index is 0.246. The number of anilines is 4. The quantitative estimate of drug-likeness (QED) is 0.139. The lowest BCUT2D eigenvalue weighted by molar-refractivity contribution is -0.107. The Balaban J connectivity index is 1.17. The summed E-state index contributed by atoms with van der Waals surface area (Å²) in [6.07, 6.45) is 0.735. The predicted octanol–water partition coefficient (Wildman–Crippen LogP) is 6.34. The molecule has 0 aliphatic heterocycles. The molecule has 3 N–H and O–H groups in total. The Labute approximate surface area is 238 Å². The van der Waals surface area contributed by atoms with Gasteiger partial charge in [0.05, 0.1) is 17.9 Å². The second-order valence-corrected chi connectivity index (χ2v) is 9.52. The topological polar surface area (TPSA) is 101 Å². The molecule has 0 aliphatic carbocycles. The number of carbonyl (C=O) groups excluding carboxylic acids is 2. The van der Waals surface area contributed by atoms with Crippen molar-refractivity contribution >= 4 is 46.2 Å². The molecule has 41 heavy (non-hydrogen) atoms. The van der Waals surface area contributed by atoms with Gasteiger partial charge >= 0.3 is 0 Å². The van der Waals surface area contributed by atoms with Gasteiger partial charge in [0, 0.05) is 35.8 Å². The minimum atomic E-state index is -0.267. The largest absolute Gasteiger partial charge is 0.492 e. The van der Waals surface area contributed by atoms with Gasteiger partial charge in [-0.05, 0) is 73.2 Å². The maximum atomic E-state index is 12.5. The van der Waals surface area contributed by atoms with Crippen molar-refractivity contribution in [3.63, 3.8) is 0 Å². The first-order chi connectivity index (χ1) is 20.0. The van der Waals surface area contributed by atoms with Crippen LogP contribution in [-0.4, -0.2) is 32.0 Å². The van der Waals surface area contributed by atoms with Crippen molar-refractivity contribution < 1.29 is 18.7 Å². The van der Waals surface area contributed by atoms with Crippen LogP contribution in [0.5, 0.6) is 5.75 Å². The third kappa shape index (κ3) is 6.67. The number of nitrogens with one attached hydrogen (secondary N) is 1. The molecule has 0 spiro atoms. The molecule has 0 aliphatic rings. The summed E-state index contributed by atoms with van der Waals surface area (Å²) in [6.45, 7) is 4.33. The molecule has 0 atom stereocenters. The highest BCUT2D eigenvalue weighted by molar-refractivity contribution is 6.05. The van der Waals surface area contributed by atoms with Gasteiger partial charge in [0.25, 0.3) is 5.91 Å². The molecule has 8 nitrogen and oxygen atoms in total. The van der Waals surface area contributed by atoms with Gasteiger partial charge < -0.3 is 25.1 Å². The Kier molecular flexibility index (Phi) is 8.49. The van der Waals surface area contributed by atoms with E-state index in [9.17, 15) is 9.59 Å². The van der Waals surface area contributed by atoms with Crippen LogP contribution in [-0.2, 0) is 11.3 Å². The van der Waals surface area contributed by atoms with E-state index in [0.717, 1.165) is 30.4 Å². The maximum absolute atomic E-state index is 12.5. The van der Waals surface area contributed by atoms with Crippen LogP contribution < -0.4 is 25.6 Å². The summed E-state index contributed by atoms with van der Waals surface area (Å²) in [7, 11) is 0. The van der Waals surface area contributed by atoms with E-state index in [2.05, 4.69) is 35.3 Å². The predicted molar refractivity (Wildman–Crippen MR) is 164 cm³/mol. The molecule has 0 saturated carbocycles. The summed E-state index contributed by atoms with van der Waals surface area (Å²) < 4.78 is 11.8. The molecule has 208 valence electrons. The van der Waals surface area contributed by atoms with Crippen molar-refractivity contribution in [2.24, 2.45) is 0 Å². The summed E-state index contributed by atoms with van der Waals surface area (Å²) in [6, 6.07) is 32.1. The molecule has 0 unspecified atom stereocenters. The van der Waals surface area contributed by atoms with E-state index in [0.29, 0.717) is 40.7 Å². The summed E-state index contributed by atoms with van der Waals surface area (Å²) in [4.78, 5) is 28.2. The fraction of sp³-hybridized carbons (Fsp3) is 0.152. The summed E-state index contributed by atoms with van der Waals surface area (Å²) in [5, 5.41) is 3.73. The number of nitrogens with two attached hydrogens (primary N) is 1. The van der Waals surface area contributed by atoms with Crippen molar-refractivity contribution in [3.05, 3.63) is 114 Å². The van der Waals surface area contributed by atoms with E-state index in [1.165, 1.54) is 10.6 Å². The Morgan fingerprint density at radius 1 is 0.951 bits per heavy atom. The Morgan fingerprint density at radius 3 is 2.44 bits per heavy atom. The van der Waals surface area contributed by atoms with Crippen LogP contribution in [0, 0.1) is 0 Å². The number of nitrogen functional groups attached to an aromatic ring is 1. The first-order valence-electron chi connectivity index (χ1n) is 13.5. The highest BCUT2D eigenvalue weighted by Gasteiger charge is 2.14. The van der Waals surface area contributed by atoms with E-state index < -0.39 is 0 Å². The highest BCUT2D eigenvalue weighted by Crippen LogP contribution is 2.28. The fourth-order valence-electron chi connectivity index (χ4n) is 4.55. The molecular weight excluding hydrogens is 516 g/mol. The monoisotopic (exact) mass is 548 g/mol. The second-order valence-electron chi connectivity index (χ2n) is 9.52. The zero-order chi connectivity index (χ0) is 28.6. The van der Waals surface area contributed by atoms with Gasteiger partial charge in [0.15, 0.2) is 0 Å². The summed E-state index contributed by atoms with van der Waals surface area (Å²) in [5.74, 6) is 0.773. The number of ether oxygens (including phenoxy) is 1. The van der Waals surface area contributed by atoms with Crippen LogP contribution in [0.15, 0.2) is 108 Å². The molecule has 0 fully saturated rings. The average molecular weight is 549 g/mol. The first kappa shape index (κ1) is 27.3. The SMILES string of the molecule is CCN(Cc1ccc2oc(N(C=O)CCOc3ccc(C(=O)Nc4ccccc4N)cc3)cc2c1)c1ccccc1. The molecule has 0 radical (unpaired) electrons. The van der Waals surface area contributed by atoms with Gasteiger partial charge in [-0.3, -0.25) is 14.5 Å². The van der Waals surface area contributed by atoms with E-state index in [1.807, 2.05) is 36.4 Å². The van der Waals surface area contributed by atoms with Crippen LogP contribution in [0.1, 0.15) is 22.8 Å². The molecule has 1 heterocycles. The molecule has 0 bridgehead atoms. The number of fused-ring (bicyclic) bond motifs is 1. The Bertz CT molecular complexity index is 1620. The van der Waals surface area contributed by atoms with E-state index >= 15 is 0 Å². The van der Waals surface area contributed by atoms with Crippen molar-refractivity contribution in [1.29, 1.82) is 0 Å². The van der Waals surface area contributed by atoms with Crippen molar-refractivity contribution in [2.75, 3.05) is 40.5 Å². The van der Waals surface area contributed by atoms with Gasteiger partial charge in [-0.2, -0.15) is 0 Å². The van der Waals surface area contributed by atoms with Gasteiger partial charge in [-0.1, -0.05) is 36.4 Å². The number of furan rings is 1. The van der Waals surface area contributed by atoms with Crippen molar-refractivity contribution in [2.45, 2.75) is 13.5 Å². The second kappa shape index (κ2) is 12.7. The Hall–Kier alpha value is -5.24. The molecule has 2 amide bonds. The number of hydrogen-bond donors (Lipinski definition) is 2. The number of benzene rings is 4. The lowest BCUT2D eigenvalue weighted by atomic mass is 10.1. The van der Waals surface area contributed by atoms with Gasteiger partial charge in [-0.15, -0.1) is 0 Å². The van der Waals surface area contributed by atoms with Crippen LogP contribution >= 0.6 is 0 Å². The first-order valence-corrected chi connectivity index (χ1v) is 13.5. The number of hydrogen-bond acceptors (Lipinski definition) is 6. The van der Waals surface area contributed by atoms with Crippen LogP contribution in [0.2, 0.25) is 0 Å². The maximum Gasteiger partial charge on any atom is 0.255 e. The lowest BCUT2D eigenvalue weighted by Gasteiger charge is -2.23. The fourth-order valence-corrected chi connectivity index (χ4v) is 4.55. The van der Waals surface area contributed by atoms with Crippen LogP contribution in [0.4, 0.5) is 22.9 Å². The molecule has 5 rings (SSSR count). The number of amides is 2. The Morgan fingerprint density at radius 2 is 1.71 bits per heavy atom. The number of rotatable bonds is 12. The third-order valence-corrected chi connectivity index (χ3v) is 6.78. The average Bonchev–Trinajstić information content (AvgIpc) is 3.43. The van der Waals surface area contributed by atoms with E-state index in [-0.39, 0.29) is 12.5 Å². The van der Waals surface area contributed by atoms with E-state index in [1.54, 1.807) is 48.5 Å². The van der Waals surface area contributed by atoms with Crippen molar-refractivity contribution in [3.8, 4) is 5.75 Å². The minimum Gasteiger partial charge on any atom is -0.492 e. The molecular formula is C33H32N4O4. The van der Waals surface area contributed by atoms with Gasteiger partial charge in [0.1, 0.15) is 17.9 Å². The van der Waals surface area contributed by atoms with Crippen LogP contribution in [0.3, 0.4) is 0 Å². The molecule has 4 aromatic carbocycles. The van der Waals surface area contributed by atoms with E-state index in [4.69, 9.17) is 14.9 Å². The standard InChI is InChI=1S/C33H32N4O4/c1-2-36(27-8-4-3-5-9-27)22-24-12-17-31-26(20-24)21-32(41-31)37(23-38)18-19-40-28-15-13-25(14-16-28)33(39)35-30-11-7-6-10-29(30)34/h3-17,20-21,23H,2,18-19,22,34H2,1H3,(H,35,39). The molecule has 1 aromatic heterocycles. The normalized spacial score (nSPS) is 10.8. The number of nitrogens with zero attached hydrogens (tertiary/aromatic N) is 2. The highest BCUT2D eigenvalue weighted by atomic mass is 16.5. The lowest BCUT2D eigenvalue weighted by Crippen LogP contribution is -2.26. The van der Waals surface area contributed by atoms with Gasteiger partial charge in [0.2, 0.25) is 12.3 Å². The van der Waals surface area contributed by atoms with Gasteiger partial charge in [-0.25, -0.2) is 0 Å². The molecule has 5 aromatic rings. The number of carbonyl (C=O) groups is 2. The smallest absolute Gasteiger partial charge is 0.255 e. The zero-order valence-electron chi connectivity index (χ0n) is 22.8. The summed E-state index contributed by atoms with van der Waals surface area (Å²) in [5.41, 5.74) is 10.5. The number of para-hydroxylation sites is 3. The molecule has 8 heteroatoms. The third-order valence-electron chi connectivity index (χ3n) is 6.78.